The van der Waals surface area contributed by atoms with Crippen LogP contribution in [0.4, 0.5) is 17.1 Å². The molecule has 0 spiro atoms. The fraction of sp³-hybridized carbons (Fsp3) is 0.267. The first kappa shape index (κ1) is 27.6. The molecule has 2 unspecified atom stereocenters. The Morgan fingerprint density at radius 1 is 1.05 bits per heavy atom. The Kier molecular flexibility index (Phi) is 8.66. The van der Waals surface area contributed by atoms with Gasteiger partial charge in [0.05, 0.1) is 17.0 Å². The maximum absolute atomic E-state index is 13.5. The first-order valence-corrected chi connectivity index (χ1v) is 13.4. The van der Waals surface area contributed by atoms with Gasteiger partial charge in [0.2, 0.25) is 11.8 Å². The minimum atomic E-state index is -0.818. The Labute approximate surface area is 231 Å². The molecule has 1 aliphatic rings. The van der Waals surface area contributed by atoms with Gasteiger partial charge >= 0.3 is 0 Å². The van der Waals surface area contributed by atoms with E-state index in [4.69, 9.17) is 5.73 Å². The van der Waals surface area contributed by atoms with Gasteiger partial charge in [-0.2, -0.15) is 0 Å². The van der Waals surface area contributed by atoms with E-state index in [-0.39, 0.29) is 17.7 Å². The van der Waals surface area contributed by atoms with Gasteiger partial charge < -0.3 is 21.5 Å². The van der Waals surface area contributed by atoms with Crippen LogP contribution in [0.1, 0.15) is 37.4 Å². The number of nitrogens with one attached hydrogen (secondary N) is 2. The number of hydrogen-bond donors (Lipinski definition) is 4. The SMILES string of the molecule is CC(C)(O)C1CCN(C(C(=O)Nc2ccc(Br)cc2)c2ccc(C=CC(=O)Nc3ccccc3N)cc2)C1. The van der Waals surface area contributed by atoms with E-state index in [1.165, 1.54) is 6.08 Å². The molecular weight excluding hydrogens is 544 g/mol. The van der Waals surface area contributed by atoms with Crippen molar-refractivity contribution in [2.24, 2.45) is 5.92 Å². The van der Waals surface area contributed by atoms with Crippen LogP contribution in [-0.4, -0.2) is 40.5 Å². The molecule has 2 amide bonds. The molecule has 0 aromatic heterocycles. The third kappa shape index (κ3) is 7.10. The van der Waals surface area contributed by atoms with Gasteiger partial charge in [0.1, 0.15) is 6.04 Å². The molecule has 8 heteroatoms. The number of para-hydroxylation sites is 2. The van der Waals surface area contributed by atoms with Crippen molar-refractivity contribution >= 4 is 50.9 Å². The smallest absolute Gasteiger partial charge is 0.248 e. The van der Waals surface area contributed by atoms with E-state index < -0.39 is 11.6 Å². The molecule has 0 saturated carbocycles. The summed E-state index contributed by atoms with van der Waals surface area (Å²) in [5.41, 5.74) is 8.52. The summed E-state index contributed by atoms with van der Waals surface area (Å²) in [6, 6.07) is 21.6. The number of nitrogens with two attached hydrogens (primary N) is 1. The van der Waals surface area contributed by atoms with Crippen LogP contribution in [0.5, 0.6) is 0 Å². The van der Waals surface area contributed by atoms with Gasteiger partial charge in [0.25, 0.3) is 0 Å². The van der Waals surface area contributed by atoms with E-state index in [1.54, 1.807) is 18.2 Å². The van der Waals surface area contributed by atoms with Crippen molar-refractivity contribution in [1.29, 1.82) is 0 Å². The molecule has 4 rings (SSSR count). The summed E-state index contributed by atoms with van der Waals surface area (Å²) >= 11 is 3.42. The van der Waals surface area contributed by atoms with Gasteiger partial charge in [0, 0.05) is 28.7 Å². The Morgan fingerprint density at radius 2 is 1.74 bits per heavy atom. The van der Waals surface area contributed by atoms with Crippen LogP contribution in [0.3, 0.4) is 0 Å². The zero-order chi connectivity index (χ0) is 27.3. The van der Waals surface area contributed by atoms with E-state index in [0.717, 1.165) is 22.0 Å². The van der Waals surface area contributed by atoms with Crippen molar-refractivity contribution in [2.45, 2.75) is 31.9 Å². The Morgan fingerprint density at radius 3 is 2.37 bits per heavy atom. The summed E-state index contributed by atoms with van der Waals surface area (Å²) in [5, 5.41) is 16.4. The first-order valence-electron chi connectivity index (χ1n) is 12.6. The van der Waals surface area contributed by atoms with Gasteiger partial charge in [-0.15, -0.1) is 0 Å². The average molecular weight is 578 g/mol. The molecule has 38 heavy (non-hydrogen) atoms. The molecule has 3 aromatic carbocycles. The minimum Gasteiger partial charge on any atom is -0.397 e. The largest absolute Gasteiger partial charge is 0.397 e. The van der Waals surface area contributed by atoms with Crippen LogP contribution >= 0.6 is 15.9 Å². The Balaban J connectivity index is 1.50. The van der Waals surface area contributed by atoms with E-state index in [2.05, 4.69) is 31.5 Å². The van der Waals surface area contributed by atoms with Crippen molar-refractivity contribution in [3.05, 3.63) is 94.5 Å². The number of nitrogens with zero attached hydrogens (tertiary/aromatic N) is 1. The van der Waals surface area contributed by atoms with Gasteiger partial charge in [0.15, 0.2) is 0 Å². The number of aliphatic hydroxyl groups is 1. The summed E-state index contributed by atoms with van der Waals surface area (Å²) < 4.78 is 0.934. The van der Waals surface area contributed by atoms with Crippen molar-refractivity contribution in [2.75, 3.05) is 29.5 Å². The summed E-state index contributed by atoms with van der Waals surface area (Å²) in [7, 11) is 0. The number of hydrogen-bond acceptors (Lipinski definition) is 5. The summed E-state index contributed by atoms with van der Waals surface area (Å²) in [6.07, 6.45) is 3.98. The molecule has 1 fully saturated rings. The maximum Gasteiger partial charge on any atom is 0.248 e. The number of likely N-dealkylation sites (tertiary alicyclic amines) is 1. The first-order chi connectivity index (χ1) is 18.1. The number of nitrogen functional groups attached to an aromatic ring is 1. The van der Waals surface area contributed by atoms with E-state index in [0.29, 0.717) is 30.2 Å². The van der Waals surface area contributed by atoms with Crippen LogP contribution < -0.4 is 16.4 Å². The zero-order valence-electron chi connectivity index (χ0n) is 21.5. The van der Waals surface area contributed by atoms with E-state index in [9.17, 15) is 14.7 Å². The molecule has 1 aliphatic heterocycles. The second-order valence-corrected chi connectivity index (χ2v) is 11.0. The number of carbonyl (C=O) groups is 2. The minimum absolute atomic E-state index is 0.0739. The molecule has 2 atom stereocenters. The molecular formula is C30H33BrN4O3. The number of amides is 2. The second-order valence-electron chi connectivity index (χ2n) is 10.1. The van der Waals surface area contributed by atoms with Crippen molar-refractivity contribution in [1.82, 2.24) is 4.90 Å². The standard InChI is InChI=1S/C30H33BrN4O3/c1-30(2,38)22-17-18-35(19-22)28(29(37)33-24-14-12-23(31)13-15-24)21-10-7-20(8-11-21)9-16-27(36)34-26-6-4-3-5-25(26)32/h3-16,22,28,38H,17-19,32H2,1-2H3,(H,33,37)(H,34,36). The highest BCUT2D eigenvalue weighted by atomic mass is 79.9. The third-order valence-corrected chi connectivity index (χ3v) is 7.37. The lowest BCUT2D eigenvalue weighted by Gasteiger charge is -2.30. The van der Waals surface area contributed by atoms with Crippen molar-refractivity contribution in [3.8, 4) is 0 Å². The third-order valence-electron chi connectivity index (χ3n) is 6.84. The average Bonchev–Trinajstić information content (AvgIpc) is 3.37. The lowest BCUT2D eigenvalue weighted by Crippen LogP contribution is -2.38. The molecule has 7 nitrogen and oxygen atoms in total. The predicted molar refractivity (Wildman–Crippen MR) is 156 cm³/mol. The molecule has 0 radical (unpaired) electrons. The van der Waals surface area contributed by atoms with Gasteiger partial charge in [-0.3, -0.25) is 14.5 Å². The van der Waals surface area contributed by atoms with Crippen LogP contribution in [0.25, 0.3) is 6.08 Å². The Bertz CT molecular complexity index is 1300. The number of benzene rings is 3. The fourth-order valence-electron chi connectivity index (χ4n) is 4.62. The quantitative estimate of drug-likeness (QED) is 0.210. The summed E-state index contributed by atoms with van der Waals surface area (Å²) in [6.45, 7) is 4.97. The zero-order valence-corrected chi connectivity index (χ0v) is 23.1. The normalized spacial score (nSPS) is 16.9. The monoisotopic (exact) mass is 576 g/mol. The van der Waals surface area contributed by atoms with Crippen LogP contribution in [0.2, 0.25) is 0 Å². The molecule has 5 N–H and O–H groups in total. The number of rotatable bonds is 8. The molecule has 1 saturated heterocycles. The van der Waals surface area contributed by atoms with Gasteiger partial charge in [-0.1, -0.05) is 52.3 Å². The molecule has 1 heterocycles. The maximum atomic E-state index is 13.5. The summed E-state index contributed by atoms with van der Waals surface area (Å²) in [4.78, 5) is 28.0. The highest BCUT2D eigenvalue weighted by molar-refractivity contribution is 9.10. The highest BCUT2D eigenvalue weighted by Crippen LogP contribution is 2.34. The van der Waals surface area contributed by atoms with Crippen molar-refractivity contribution < 1.29 is 14.7 Å². The van der Waals surface area contributed by atoms with Gasteiger partial charge in [-0.05, 0) is 80.4 Å². The summed E-state index contributed by atoms with van der Waals surface area (Å²) in [5.74, 6) is -0.342. The van der Waals surface area contributed by atoms with Gasteiger partial charge in [-0.25, -0.2) is 0 Å². The Hall–Kier alpha value is -3.46. The van der Waals surface area contributed by atoms with Crippen LogP contribution in [0, 0.1) is 5.92 Å². The lowest BCUT2D eigenvalue weighted by atomic mass is 9.90. The highest BCUT2D eigenvalue weighted by Gasteiger charge is 2.39. The lowest BCUT2D eigenvalue weighted by molar-refractivity contribution is -0.121. The topological polar surface area (TPSA) is 108 Å². The van der Waals surface area contributed by atoms with E-state index in [1.807, 2.05) is 74.5 Å². The van der Waals surface area contributed by atoms with Crippen LogP contribution in [-0.2, 0) is 9.59 Å². The molecule has 0 aliphatic carbocycles. The second kappa shape index (κ2) is 11.9. The molecule has 198 valence electrons. The predicted octanol–water partition coefficient (Wildman–Crippen LogP) is 5.46. The molecule has 3 aromatic rings. The number of anilines is 3. The fourth-order valence-corrected chi connectivity index (χ4v) is 4.88. The van der Waals surface area contributed by atoms with E-state index >= 15 is 0 Å². The number of halogens is 1. The number of carbonyl (C=O) groups excluding carboxylic acids is 2. The van der Waals surface area contributed by atoms with Crippen LogP contribution in [0.15, 0.2) is 83.3 Å². The van der Waals surface area contributed by atoms with Crippen molar-refractivity contribution in [3.63, 3.8) is 0 Å². The molecule has 0 bridgehead atoms.